The first-order valence-electron chi connectivity index (χ1n) is 10.7. The number of hydrogen-bond acceptors (Lipinski definition) is 4. The molecule has 0 radical (unpaired) electrons. The van der Waals surface area contributed by atoms with E-state index >= 15 is 0 Å². The Bertz CT molecular complexity index is 1250. The fourth-order valence-electron chi connectivity index (χ4n) is 4.51. The van der Waals surface area contributed by atoms with Crippen molar-refractivity contribution in [3.8, 4) is 22.4 Å². The van der Waals surface area contributed by atoms with Gasteiger partial charge in [-0.05, 0) is 60.7 Å². The van der Waals surface area contributed by atoms with Gasteiger partial charge in [0.2, 0.25) is 0 Å². The first-order chi connectivity index (χ1) is 15.2. The van der Waals surface area contributed by atoms with Crippen LogP contribution in [-0.4, -0.2) is 24.8 Å². The van der Waals surface area contributed by atoms with Gasteiger partial charge in [-0.15, -0.1) is 5.10 Å². The van der Waals surface area contributed by atoms with Crippen LogP contribution >= 0.6 is 11.6 Å². The zero-order valence-electron chi connectivity index (χ0n) is 17.3. The van der Waals surface area contributed by atoms with Gasteiger partial charge in [-0.2, -0.15) is 5.10 Å². The van der Waals surface area contributed by atoms with E-state index < -0.39 is 0 Å². The molecule has 1 N–H and O–H groups in total. The summed E-state index contributed by atoms with van der Waals surface area (Å²) in [7, 11) is 1.95. The van der Waals surface area contributed by atoms with Gasteiger partial charge in [0.1, 0.15) is 0 Å². The topological polar surface area (TPSA) is 60.6 Å². The molecule has 1 atom stereocenters. The molecule has 2 aromatic heterocycles. The van der Waals surface area contributed by atoms with Gasteiger partial charge in [0.05, 0.1) is 23.6 Å². The molecule has 3 heterocycles. The van der Waals surface area contributed by atoms with Crippen molar-refractivity contribution >= 4 is 17.3 Å². The molecule has 6 nitrogen and oxygen atoms in total. The Morgan fingerprint density at radius 2 is 1.84 bits per heavy atom. The fraction of sp³-hybridized carbons (Fsp3) is 0.320. The molecule has 1 saturated carbocycles. The van der Waals surface area contributed by atoms with E-state index in [2.05, 4.69) is 49.8 Å². The molecule has 1 aliphatic heterocycles. The SMILES string of the molecule is C.Cn1cc(-c2ccc3c(c2)C(Nc2ccc(Cl)cc2)CCn2nnc(C4CC4)c2-3)cn1. The van der Waals surface area contributed by atoms with Crippen LogP contribution < -0.4 is 5.32 Å². The van der Waals surface area contributed by atoms with E-state index in [1.807, 2.05) is 42.2 Å². The van der Waals surface area contributed by atoms with Crippen molar-refractivity contribution in [1.82, 2.24) is 24.8 Å². The molecule has 1 unspecified atom stereocenters. The van der Waals surface area contributed by atoms with Crippen LogP contribution in [0.4, 0.5) is 5.69 Å². The summed E-state index contributed by atoms with van der Waals surface area (Å²) >= 11 is 6.10. The number of nitrogens with one attached hydrogen (secondary N) is 1. The first-order valence-corrected chi connectivity index (χ1v) is 11.1. The van der Waals surface area contributed by atoms with Crippen LogP contribution in [0.3, 0.4) is 0 Å². The highest BCUT2D eigenvalue weighted by Gasteiger charge is 2.34. The molecular weight excluding hydrogens is 420 g/mol. The van der Waals surface area contributed by atoms with Crippen molar-refractivity contribution in [3.63, 3.8) is 0 Å². The molecule has 6 rings (SSSR count). The molecule has 4 aromatic rings. The van der Waals surface area contributed by atoms with E-state index in [1.54, 1.807) is 0 Å². The average molecular weight is 447 g/mol. The van der Waals surface area contributed by atoms with Gasteiger partial charge in [0.25, 0.3) is 0 Å². The first kappa shape index (κ1) is 20.8. The summed E-state index contributed by atoms with van der Waals surface area (Å²) in [5.74, 6) is 0.551. The smallest absolute Gasteiger partial charge is 0.0937 e. The second-order valence-electron chi connectivity index (χ2n) is 8.52. The minimum absolute atomic E-state index is 0. The van der Waals surface area contributed by atoms with Crippen LogP contribution in [0.5, 0.6) is 0 Å². The zero-order valence-corrected chi connectivity index (χ0v) is 18.0. The Kier molecular flexibility index (Phi) is 5.25. The van der Waals surface area contributed by atoms with Crippen molar-refractivity contribution in [2.45, 2.75) is 45.2 Å². The third-order valence-corrected chi connectivity index (χ3v) is 6.51. The molecule has 32 heavy (non-hydrogen) atoms. The zero-order chi connectivity index (χ0) is 20.9. The van der Waals surface area contributed by atoms with Crippen LogP contribution in [0.2, 0.25) is 5.02 Å². The number of aromatic nitrogens is 5. The molecule has 2 aliphatic rings. The van der Waals surface area contributed by atoms with Gasteiger partial charge in [0.15, 0.2) is 0 Å². The summed E-state index contributed by atoms with van der Waals surface area (Å²) in [6.07, 6.45) is 7.32. The Labute approximate surface area is 193 Å². The van der Waals surface area contributed by atoms with Crippen molar-refractivity contribution in [2.75, 3.05) is 5.32 Å². The Hall–Kier alpha value is -3.12. The lowest BCUT2D eigenvalue weighted by Crippen LogP contribution is -2.12. The molecule has 0 saturated heterocycles. The maximum absolute atomic E-state index is 6.10. The number of hydrogen-bond donors (Lipinski definition) is 1. The highest BCUT2D eigenvalue weighted by molar-refractivity contribution is 6.30. The van der Waals surface area contributed by atoms with Gasteiger partial charge >= 0.3 is 0 Å². The number of benzene rings is 2. The number of aryl methyl sites for hydroxylation is 2. The molecule has 164 valence electrons. The minimum atomic E-state index is 0. The van der Waals surface area contributed by atoms with Crippen LogP contribution in [-0.2, 0) is 13.6 Å². The minimum Gasteiger partial charge on any atom is -0.378 e. The van der Waals surface area contributed by atoms with E-state index in [0.29, 0.717) is 5.92 Å². The molecule has 2 aromatic carbocycles. The number of nitrogens with zero attached hydrogens (tertiary/aromatic N) is 5. The lowest BCUT2D eigenvalue weighted by molar-refractivity contribution is 0.539. The second-order valence-corrected chi connectivity index (χ2v) is 8.95. The quantitative estimate of drug-likeness (QED) is 0.413. The van der Waals surface area contributed by atoms with Gasteiger partial charge in [0, 0.05) is 47.5 Å². The third-order valence-electron chi connectivity index (χ3n) is 6.26. The molecule has 1 aliphatic carbocycles. The standard InChI is InChI=1S/C24H23ClN6.CH4/c1-30-14-17(13-26-30)16-4-9-20-21(12-16)22(27-19-7-5-18(25)6-8-19)10-11-31-24(20)23(28-29-31)15-2-3-15;/h4-9,12-15,22,27H,2-3,10-11H2,1H3;1H4. The van der Waals surface area contributed by atoms with E-state index in [-0.39, 0.29) is 13.5 Å². The van der Waals surface area contributed by atoms with Crippen molar-refractivity contribution < 1.29 is 0 Å². The molecule has 0 bridgehead atoms. The van der Waals surface area contributed by atoms with Crippen LogP contribution in [0.15, 0.2) is 54.9 Å². The molecule has 0 spiro atoms. The monoisotopic (exact) mass is 446 g/mol. The van der Waals surface area contributed by atoms with E-state index in [1.165, 1.54) is 35.2 Å². The number of anilines is 1. The van der Waals surface area contributed by atoms with Gasteiger partial charge in [-0.25, -0.2) is 4.68 Å². The molecule has 0 amide bonds. The third kappa shape index (κ3) is 3.69. The second kappa shape index (κ2) is 8.10. The predicted octanol–water partition coefficient (Wildman–Crippen LogP) is 6.07. The summed E-state index contributed by atoms with van der Waals surface area (Å²) in [5.41, 5.74) is 8.20. The molecule has 7 heteroatoms. The van der Waals surface area contributed by atoms with E-state index in [4.69, 9.17) is 11.6 Å². The predicted molar refractivity (Wildman–Crippen MR) is 129 cm³/mol. The summed E-state index contributed by atoms with van der Waals surface area (Å²) in [4.78, 5) is 0. The Balaban J connectivity index is 0.00000216. The lowest BCUT2D eigenvalue weighted by Gasteiger charge is -2.21. The molecule has 1 fully saturated rings. The average Bonchev–Trinajstić information content (AvgIpc) is 3.43. The van der Waals surface area contributed by atoms with Gasteiger partial charge in [-0.3, -0.25) is 4.68 Å². The summed E-state index contributed by atoms with van der Waals surface area (Å²) in [6, 6.07) is 14.8. The maximum atomic E-state index is 6.10. The van der Waals surface area contributed by atoms with E-state index in [9.17, 15) is 0 Å². The fourth-order valence-corrected chi connectivity index (χ4v) is 4.64. The number of rotatable bonds is 4. The maximum Gasteiger partial charge on any atom is 0.0937 e. The highest BCUT2D eigenvalue weighted by atomic mass is 35.5. The van der Waals surface area contributed by atoms with E-state index in [0.717, 1.165) is 34.9 Å². The summed E-state index contributed by atoms with van der Waals surface area (Å²) in [5, 5.41) is 17.9. The van der Waals surface area contributed by atoms with Gasteiger partial charge < -0.3 is 5.32 Å². The number of halogens is 1. The molecular formula is C25H27ClN6. The van der Waals surface area contributed by atoms with Crippen molar-refractivity contribution in [2.24, 2.45) is 7.05 Å². The normalized spacial score (nSPS) is 17.1. The largest absolute Gasteiger partial charge is 0.378 e. The lowest BCUT2D eigenvalue weighted by atomic mass is 9.92. The summed E-state index contributed by atoms with van der Waals surface area (Å²) in [6.45, 7) is 0.831. The summed E-state index contributed by atoms with van der Waals surface area (Å²) < 4.78 is 3.94. The Morgan fingerprint density at radius 1 is 1.03 bits per heavy atom. The number of fused-ring (bicyclic) bond motifs is 3. The van der Waals surface area contributed by atoms with Crippen LogP contribution in [0, 0.1) is 0 Å². The van der Waals surface area contributed by atoms with Gasteiger partial charge in [-0.1, -0.05) is 36.4 Å². The highest BCUT2D eigenvalue weighted by Crippen LogP contribution is 2.46. The van der Waals surface area contributed by atoms with Crippen molar-refractivity contribution in [3.05, 3.63) is 71.1 Å². The van der Waals surface area contributed by atoms with Crippen LogP contribution in [0.25, 0.3) is 22.4 Å². The van der Waals surface area contributed by atoms with Crippen LogP contribution in [0.1, 0.15) is 49.9 Å². The Morgan fingerprint density at radius 3 is 2.56 bits per heavy atom. The van der Waals surface area contributed by atoms with Crippen molar-refractivity contribution in [1.29, 1.82) is 0 Å².